The smallest absolute Gasteiger partial charge is 0.322 e. The molecule has 1 aromatic heterocycles. The van der Waals surface area contributed by atoms with Crippen molar-refractivity contribution in [1.29, 1.82) is 0 Å². The number of amides is 1. The molecule has 0 spiro atoms. The van der Waals surface area contributed by atoms with Crippen molar-refractivity contribution >= 4 is 21.8 Å². The molecule has 1 N–H and O–H groups in total. The van der Waals surface area contributed by atoms with Crippen LogP contribution in [0.1, 0.15) is 35.3 Å². The van der Waals surface area contributed by atoms with Crippen LogP contribution >= 0.6 is 0 Å². The van der Waals surface area contributed by atoms with Gasteiger partial charge in [0.05, 0.1) is 10.1 Å². The van der Waals surface area contributed by atoms with E-state index in [-0.39, 0.29) is 16.5 Å². The number of rotatable bonds is 5. The highest BCUT2D eigenvalue weighted by molar-refractivity contribution is 7.92. The number of sulfone groups is 1. The van der Waals surface area contributed by atoms with Gasteiger partial charge in [0.25, 0.3) is 5.91 Å². The van der Waals surface area contributed by atoms with Gasteiger partial charge in [0.2, 0.25) is 5.89 Å². The first-order chi connectivity index (χ1) is 13.2. The van der Waals surface area contributed by atoms with Gasteiger partial charge < -0.3 is 4.42 Å². The van der Waals surface area contributed by atoms with Crippen molar-refractivity contribution in [2.75, 3.05) is 5.32 Å². The number of aromatic nitrogens is 2. The molecule has 0 unspecified atom stereocenters. The summed E-state index contributed by atoms with van der Waals surface area (Å²) in [6, 6.07) is 11.6. The van der Waals surface area contributed by atoms with E-state index in [1.807, 2.05) is 32.0 Å². The summed E-state index contributed by atoms with van der Waals surface area (Å²) in [5, 5.41) is 9.76. The normalized spacial score (nSPS) is 11.6. The first-order valence-corrected chi connectivity index (χ1v) is 10.3. The minimum Gasteiger partial charge on any atom is -0.403 e. The highest BCUT2D eigenvalue weighted by Crippen LogP contribution is 2.24. The fourth-order valence-electron chi connectivity index (χ4n) is 2.69. The molecule has 3 rings (SSSR count). The van der Waals surface area contributed by atoms with E-state index in [1.165, 1.54) is 24.3 Å². The quantitative estimate of drug-likeness (QED) is 0.700. The Hall–Kier alpha value is -3.00. The Balaban J connectivity index is 1.82. The van der Waals surface area contributed by atoms with Crippen LogP contribution in [-0.2, 0) is 9.84 Å². The minimum atomic E-state index is -3.48. The van der Waals surface area contributed by atoms with Crippen LogP contribution in [0.25, 0.3) is 11.5 Å². The van der Waals surface area contributed by atoms with Gasteiger partial charge in [0.15, 0.2) is 9.84 Å². The van der Waals surface area contributed by atoms with Crippen molar-refractivity contribution in [3.8, 4) is 11.5 Å². The molecule has 0 fully saturated rings. The standard InChI is InChI=1S/C20H21N3O4S/c1-12(2)28(25,26)16-7-5-6-15(11-16)18(24)21-20-23-22-19(27-20)17-9-8-13(3)10-14(17)4/h5-12H,1-4H3,(H,21,23,24). The van der Waals surface area contributed by atoms with Gasteiger partial charge in [0, 0.05) is 11.1 Å². The van der Waals surface area contributed by atoms with Gasteiger partial charge in [-0.3, -0.25) is 10.1 Å². The number of hydrogen-bond donors (Lipinski definition) is 1. The Morgan fingerprint density at radius 2 is 1.82 bits per heavy atom. The highest BCUT2D eigenvalue weighted by atomic mass is 32.2. The number of nitrogens with zero attached hydrogens (tertiary/aromatic N) is 2. The first-order valence-electron chi connectivity index (χ1n) is 8.75. The van der Waals surface area contributed by atoms with Crippen LogP contribution in [-0.4, -0.2) is 29.8 Å². The summed E-state index contributed by atoms with van der Waals surface area (Å²) in [6.07, 6.45) is 0. The number of nitrogens with one attached hydrogen (secondary N) is 1. The summed E-state index contributed by atoms with van der Waals surface area (Å²) in [5.74, 6) is -0.236. The molecular formula is C20H21N3O4S. The van der Waals surface area contributed by atoms with Crippen LogP contribution in [0.3, 0.4) is 0 Å². The van der Waals surface area contributed by atoms with Crippen LogP contribution in [0.4, 0.5) is 6.01 Å². The van der Waals surface area contributed by atoms with Crippen LogP contribution in [0, 0.1) is 13.8 Å². The van der Waals surface area contributed by atoms with Crippen molar-refractivity contribution < 1.29 is 17.6 Å². The van der Waals surface area contributed by atoms with Gasteiger partial charge in [-0.05, 0) is 57.5 Å². The summed E-state index contributed by atoms with van der Waals surface area (Å²) in [5.41, 5.74) is 3.07. The van der Waals surface area contributed by atoms with E-state index >= 15 is 0 Å². The number of benzene rings is 2. The van der Waals surface area contributed by atoms with Crippen molar-refractivity contribution in [2.45, 2.75) is 37.8 Å². The zero-order valence-electron chi connectivity index (χ0n) is 16.1. The van der Waals surface area contributed by atoms with Crippen molar-refractivity contribution in [3.05, 3.63) is 59.2 Å². The maximum atomic E-state index is 12.5. The van der Waals surface area contributed by atoms with E-state index in [4.69, 9.17) is 4.42 Å². The van der Waals surface area contributed by atoms with Crippen LogP contribution in [0.2, 0.25) is 0 Å². The maximum Gasteiger partial charge on any atom is 0.322 e. The van der Waals surface area contributed by atoms with Crippen LogP contribution in [0.15, 0.2) is 51.8 Å². The van der Waals surface area contributed by atoms with Crippen molar-refractivity contribution in [1.82, 2.24) is 10.2 Å². The highest BCUT2D eigenvalue weighted by Gasteiger charge is 2.21. The van der Waals surface area contributed by atoms with E-state index in [0.29, 0.717) is 5.89 Å². The van der Waals surface area contributed by atoms with Gasteiger partial charge in [-0.25, -0.2) is 8.42 Å². The molecule has 28 heavy (non-hydrogen) atoms. The molecule has 0 aliphatic heterocycles. The summed E-state index contributed by atoms with van der Waals surface area (Å²) < 4.78 is 30.2. The lowest BCUT2D eigenvalue weighted by Gasteiger charge is -2.09. The fourth-order valence-corrected chi connectivity index (χ4v) is 3.80. The molecule has 7 nitrogen and oxygen atoms in total. The third kappa shape index (κ3) is 3.96. The van der Waals surface area contributed by atoms with Gasteiger partial charge in [-0.1, -0.05) is 28.9 Å². The summed E-state index contributed by atoms with van der Waals surface area (Å²) in [6.45, 7) is 7.11. The Morgan fingerprint density at radius 3 is 2.50 bits per heavy atom. The molecule has 0 aliphatic rings. The maximum absolute atomic E-state index is 12.5. The van der Waals surface area contributed by atoms with Gasteiger partial charge >= 0.3 is 6.01 Å². The summed E-state index contributed by atoms with van der Waals surface area (Å²) >= 11 is 0. The summed E-state index contributed by atoms with van der Waals surface area (Å²) in [4.78, 5) is 12.6. The summed E-state index contributed by atoms with van der Waals surface area (Å²) in [7, 11) is -3.48. The van der Waals surface area contributed by atoms with E-state index in [0.717, 1.165) is 16.7 Å². The molecule has 0 saturated heterocycles. The second-order valence-electron chi connectivity index (χ2n) is 6.81. The number of hydrogen-bond acceptors (Lipinski definition) is 6. The molecule has 2 aromatic carbocycles. The predicted octanol–water partition coefficient (Wildman–Crippen LogP) is 3.79. The third-order valence-electron chi connectivity index (χ3n) is 4.30. The van der Waals surface area contributed by atoms with Crippen LogP contribution < -0.4 is 5.32 Å². The molecule has 1 amide bonds. The number of carbonyl (C=O) groups is 1. The predicted molar refractivity (Wildman–Crippen MR) is 106 cm³/mol. The van der Waals surface area contributed by atoms with Crippen molar-refractivity contribution in [3.63, 3.8) is 0 Å². The Bertz CT molecular complexity index is 1130. The minimum absolute atomic E-state index is 0.0582. The molecule has 3 aromatic rings. The van der Waals surface area contributed by atoms with Gasteiger partial charge in [-0.15, -0.1) is 5.10 Å². The lowest BCUT2D eigenvalue weighted by molar-refractivity contribution is 0.102. The molecule has 0 saturated carbocycles. The fraction of sp³-hybridized carbons (Fsp3) is 0.250. The third-order valence-corrected chi connectivity index (χ3v) is 6.46. The average molecular weight is 399 g/mol. The zero-order chi connectivity index (χ0) is 20.5. The van der Waals surface area contributed by atoms with Crippen LogP contribution in [0.5, 0.6) is 0 Å². The number of anilines is 1. The van der Waals surface area contributed by atoms with E-state index in [2.05, 4.69) is 15.5 Å². The van der Waals surface area contributed by atoms with E-state index < -0.39 is 21.0 Å². The second-order valence-corrected chi connectivity index (χ2v) is 9.31. The molecule has 8 heteroatoms. The number of aryl methyl sites for hydroxylation is 2. The topological polar surface area (TPSA) is 102 Å². The molecule has 0 radical (unpaired) electrons. The largest absolute Gasteiger partial charge is 0.403 e. The van der Waals surface area contributed by atoms with Gasteiger partial charge in [-0.2, -0.15) is 0 Å². The molecule has 0 atom stereocenters. The Labute approximate surface area is 163 Å². The molecular weight excluding hydrogens is 378 g/mol. The average Bonchev–Trinajstić information content (AvgIpc) is 3.09. The van der Waals surface area contributed by atoms with E-state index in [1.54, 1.807) is 13.8 Å². The van der Waals surface area contributed by atoms with E-state index in [9.17, 15) is 13.2 Å². The Morgan fingerprint density at radius 1 is 1.07 bits per heavy atom. The lowest BCUT2D eigenvalue weighted by atomic mass is 10.1. The molecule has 1 heterocycles. The van der Waals surface area contributed by atoms with Crippen molar-refractivity contribution in [2.24, 2.45) is 0 Å². The molecule has 0 bridgehead atoms. The molecule has 146 valence electrons. The first kappa shape index (κ1) is 19.8. The lowest BCUT2D eigenvalue weighted by Crippen LogP contribution is -2.16. The molecule has 0 aliphatic carbocycles. The monoisotopic (exact) mass is 399 g/mol. The number of carbonyl (C=O) groups excluding carboxylic acids is 1. The van der Waals surface area contributed by atoms with Gasteiger partial charge in [0.1, 0.15) is 0 Å². The zero-order valence-corrected chi connectivity index (χ0v) is 16.9. The second kappa shape index (κ2) is 7.55. The SMILES string of the molecule is Cc1ccc(-c2nnc(NC(=O)c3cccc(S(=O)(=O)C(C)C)c3)o2)c(C)c1. The Kier molecular flexibility index (Phi) is 5.33.